The molecule has 0 amide bonds. The minimum absolute atomic E-state index is 0.0259. The summed E-state index contributed by atoms with van der Waals surface area (Å²) >= 11 is 0. The van der Waals surface area contributed by atoms with Gasteiger partial charge in [0.25, 0.3) is 0 Å². The van der Waals surface area contributed by atoms with Gasteiger partial charge in [0.2, 0.25) is 0 Å². The van der Waals surface area contributed by atoms with Crippen molar-refractivity contribution in [2.75, 3.05) is 0 Å². The molecular weight excluding hydrogens is 212 g/mol. The van der Waals surface area contributed by atoms with Crippen LogP contribution in [0.3, 0.4) is 0 Å². The van der Waals surface area contributed by atoms with Crippen molar-refractivity contribution in [3.8, 4) is 0 Å². The molecule has 0 radical (unpaired) electrons. The fourth-order valence-corrected chi connectivity index (χ4v) is 3.24. The molecule has 0 bridgehead atoms. The lowest BCUT2D eigenvalue weighted by molar-refractivity contribution is -0.148. The van der Waals surface area contributed by atoms with Crippen LogP contribution in [0.15, 0.2) is 11.6 Å². The van der Waals surface area contributed by atoms with Gasteiger partial charge in [0.15, 0.2) is 0 Å². The zero-order chi connectivity index (χ0) is 12.7. The van der Waals surface area contributed by atoms with Crippen molar-refractivity contribution in [2.45, 2.75) is 77.1 Å². The molecule has 0 aromatic heterocycles. The van der Waals surface area contributed by atoms with Crippen LogP contribution < -0.4 is 0 Å². The maximum absolute atomic E-state index is 9.99. The Kier molecular flexibility index (Phi) is 3.39. The maximum atomic E-state index is 9.99. The van der Waals surface area contributed by atoms with E-state index in [1.54, 1.807) is 0 Å². The highest BCUT2D eigenvalue weighted by Gasteiger charge is 2.41. The Balaban J connectivity index is 2.18. The predicted octanol–water partition coefficient (Wildman–Crippen LogP) is 3.44. The van der Waals surface area contributed by atoms with Crippen LogP contribution in [0.2, 0.25) is 0 Å². The van der Waals surface area contributed by atoms with Gasteiger partial charge in [0.05, 0.1) is 17.3 Å². The molecule has 0 saturated carbocycles. The third-order valence-corrected chi connectivity index (χ3v) is 4.44. The molecule has 98 valence electrons. The highest BCUT2D eigenvalue weighted by molar-refractivity contribution is 5.22. The Labute approximate surface area is 105 Å². The van der Waals surface area contributed by atoms with Gasteiger partial charge in [-0.25, -0.2) is 0 Å². The fourth-order valence-electron chi connectivity index (χ4n) is 3.24. The average molecular weight is 238 g/mol. The Morgan fingerprint density at radius 2 is 2.00 bits per heavy atom. The first-order valence-corrected chi connectivity index (χ1v) is 6.92. The third-order valence-electron chi connectivity index (χ3n) is 4.44. The zero-order valence-electron chi connectivity index (χ0n) is 11.6. The maximum Gasteiger partial charge on any atom is 0.0871 e. The summed E-state index contributed by atoms with van der Waals surface area (Å²) < 4.78 is 6.30. The summed E-state index contributed by atoms with van der Waals surface area (Å²) in [6.45, 7) is 8.66. The second kappa shape index (κ2) is 4.40. The second-order valence-electron chi connectivity index (χ2n) is 6.64. The molecule has 1 N–H and O–H groups in total. The molecule has 1 fully saturated rings. The van der Waals surface area contributed by atoms with Crippen LogP contribution in [0.1, 0.15) is 59.8 Å². The van der Waals surface area contributed by atoms with Gasteiger partial charge in [-0.05, 0) is 64.4 Å². The smallest absolute Gasteiger partial charge is 0.0871 e. The Hall–Kier alpha value is -0.340. The van der Waals surface area contributed by atoms with Crippen LogP contribution in [0, 0.1) is 5.92 Å². The van der Waals surface area contributed by atoms with E-state index < -0.39 is 0 Å². The highest BCUT2D eigenvalue weighted by atomic mass is 16.5. The molecule has 0 aromatic carbocycles. The van der Waals surface area contributed by atoms with Crippen LogP contribution >= 0.6 is 0 Å². The molecule has 2 aliphatic rings. The molecule has 2 nitrogen and oxygen atoms in total. The molecular formula is C15H26O2. The average Bonchev–Trinajstić information content (AvgIpc) is 2.20. The summed E-state index contributed by atoms with van der Waals surface area (Å²) in [6, 6.07) is 0. The molecule has 1 aliphatic heterocycles. The van der Waals surface area contributed by atoms with E-state index in [1.165, 1.54) is 12.0 Å². The largest absolute Gasteiger partial charge is 0.389 e. The summed E-state index contributed by atoms with van der Waals surface area (Å²) in [6.07, 6.45) is 7.35. The van der Waals surface area contributed by atoms with E-state index in [0.717, 1.165) is 25.7 Å². The van der Waals surface area contributed by atoms with Crippen molar-refractivity contribution in [3.05, 3.63) is 11.6 Å². The van der Waals surface area contributed by atoms with Crippen LogP contribution in [0.4, 0.5) is 0 Å². The summed E-state index contributed by atoms with van der Waals surface area (Å²) in [5.74, 6) is 0.388. The van der Waals surface area contributed by atoms with E-state index >= 15 is 0 Å². The van der Waals surface area contributed by atoms with Crippen molar-refractivity contribution in [3.63, 3.8) is 0 Å². The lowest BCUT2D eigenvalue weighted by atomic mass is 9.76. The highest BCUT2D eigenvalue weighted by Crippen LogP contribution is 2.42. The standard InChI is InChI=1S/C15H26O2/c1-11-6-7-12(10-13(11)16)15(4)9-5-8-14(2,3)17-15/h10-11,13,16H,5-9H2,1-4H3/t11-,13-,15-/m1/s1. The topological polar surface area (TPSA) is 29.5 Å². The number of hydrogen-bond acceptors (Lipinski definition) is 2. The van der Waals surface area contributed by atoms with Crippen molar-refractivity contribution in [1.29, 1.82) is 0 Å². The minimum atomic E-state index is -0.288. The van der Waals surface area contributed by atoms with Gasteiger partial charge in [-0.3, -0.25) is 0 Å². The Bertz CT molecular complexity index is 319. The number of ether oxygens (including phenoxy) is 1. The molecule has 3 atom stereocenters. The number of rotatable bonds is 1. The summed E-state index contributed by atoms with van der Waals surface area (Å²) in [7, 11) is 0. The number of aliphatic hydroxyl groups is 1. The molecule has 1 aliphatic carbocycles. The monoisotopic (exact) mass is 238 g/mol. The summed E-state index contributed by atoms with van der Waals surface area (Å²) in [4.78, 5) is 0. The van der Waals surface area contributed by atoms with Gasteiger partial charge in [-0.2, -0.15) is 0 Å². The molecule has 2 rings (SSSR count). The van der Waals surface area contributed by atoms with Gasteiger partial charge in [-0.15, -0.1) is 0 Å². The van der Waals surface area contributed by atoms with Crippen LogP contribution in [0.25, 0.3) is 0 Å². The van der Waals surface area contributed by atoms with E-state index in [1.807, 2.05) is 0 Å². The van der Waals surface area contributed by atoms with Crippen LogP contribution in [0.5, 0.6) is 0 Å². The SMILES string of the molecule is C[C@@H]1CCC([C@@]2(C)CCCC(C)(C)O2)=C[C@H]1O. The first-order chi connectivity index (χ1) is 7.82. The van der Waals surface area contributed by atoms with Gasteiger partial charge in [-0.1, -0.05) is 13.0 Å². The Morgan fingerprint density at radius 3 is 2.59 bits per heavy atom. The predicted molar refractivity (Wildman–Crippen MR) is 69.9 cm³/mol. The fraction of sp³-hybridized carbons (Fsp3) is 0.867. The number of hydrogen-bond donors (Lipinski definition) is 1. The molecule has 0 spiro atoms. The van der Waals surface area contributed by atoms with E-state index in [2.05, 4.69) is 33.8 Å². The van der Waals surface area contributed by atoms with E-state index in [-0.39, 0.29) is 17.3 Å². The zero-order valence-corrected chi connectivity index (χ0v) is 11.6. The van der Waals surface area contributed by atoms with Crippen LogP contribution in [-0.2, 0) is 4.74 Å². The van der Waals surface area contributed by atoms with Gasteiger partial charge < -0.3 is 9.84 Å². The van der Waals surface area contributed by atoms with Crippen molar-refractivity contribution < 1.29 is 9.84 Å². The van der Waals surface area contributed by atoms with Gasteiger partial charge in [0.1, 0.15) is 0 Å². The molecule has 0 unspecified atom stereocenters. The van der Waals surface area contributed by atoms with Crippen molar-refractivity contribution in [2.24, 2.45) is 5.92 Å². The van der Waals surface area contributed by atoms with Gasteiger partial charge in [0, 0.05) is 0 Å². The van der Waals surface area contributed by atoms with E-state index in [4.69, 9.17) is 4.74 Å². The van der Waals surface area contributed by atoms with Gasteiger partial charge >= 0.3 is 0 Å². The lowest BCUT2D eigenvalue weighted by Crippen LogP contribution is -2.45. The van der Waals surface area contributed by atoms with Crippen LogP contribution in [-0.4, -0.2) is 22.4 Å². The van der Waals surface area contributed by atoms with E-state index in [9.17, 15) is 5.11 Å². The van der Waals surface area contributed by atoms with E-state index in [0.29, 0.717) is 5.92 Å². The first-order valence-electron chi connectivity index (χ1n) is 6.92. The molecule has 17 heavy (non-hydrogen) atoms. The quantitative estimate of drug-likeness (QED) is 0.709. The lowest BCUT2D eigenvalue weighted by Gasteiger charge is -2.46. The summed E-state index contributed by atoms with van der Waals surface area (Å²) in [5, 5.41) is 9.99. The summed E-state index contributed by atoms with van der Waals surface area (Å²) in [5.41, 5.74) is 1.14. The normalized spacial score (nSPS) is 42.1. The first kappa shape index (κ1) is 13.1. The molecule has 1 heterocycles. The minimum Gasteiger partial charge on any atom is -0.389 e. The number of aliphatic hydroxyl groups excluding tert-OH is 1. The van der Waals surface area contributed by atoms with Crippen molar-refractivity contribution in [1.82, 2.24) is 0 Å². The molecule has 1 saturated heterocycles. The van der Waals surface area contributed by atoms with Crippen molar-refractivity contribution >= 4 is 0 Å². The molecule has 0 aromatic rings. The second-order valence-corrected chi connectivity index (χ2v) is 6.64. The third kappa shape index (κ3) is 2.74. The molecule has 2 heteroatoms. The Morgan fingerprint density at radius 1 is 1.29 bits per heavy atom.